The molecule has 0 spiro atoms. The fourth-order valence-electron chi connectivity index (χ4n) is 0.514. The van der Waals surface area contributed by atoms with Crippen LogP contribution in [-0.4, -0.2) is 0 Å². The Kier molecular flexibility index (Phi) is 22.0. The molecule has 0 atom stereocenters. The second-order valence-electron chi connectivity index (χ2n) is 1.85. The summed E-state index contributed by atoms with van der Waals surface area (Å²) in [6, 6.07) is 0. The molecule has 0 saturated heterocycles. The molecule has 0 saturated carbocycles. The standard InChI is InChI=1S/C8H14.2ClH.Pd/c1-3-5-7-8-6-4-2;;;/h3,5,7H,1,4,6,8H2,2H3;2*1H;/q;;;+2/p-2. The summed E-state index contributed by atoms with van der Waals surface area (Å²) in [6.07, 6.45) is 9.73. The van der Waals surface area contributed by atoms with Crippen molar-refractivity contribution in [2.45, 2.75) is 26.2 Å². The van der Waals surface area contributed by atoms with E-state index in [0.29, 0.717) is 0 Å². The van der Waals surface area contributed by atoms with Crippen LogP contribution < -0.4 is 0 Å². The van der Waals surface area contributed by atoms with Crippen LogP contribution in [0.5, 0.6) is 0 Å². The van der Waals surface area contributed by atoms with E-state index in [0.717, 1.165) is 0 Å². The summed E-state index contributed by atoms with van der Waals surface area (Å²) in [5.74, 6) is 0. The molecule has 0 aromatic rings. The van der Waals surface area contributed by atoms with Gasteiger partial charge in [0.05, 0.1) is 0 Å². The van der Waals surface area contributed by atoms with Gasteiger partial charge in [0.25, 0.3) is 0 Å². The maximum absolute atomic E-state index is 4.81. The predicted molar refractivity (Wildman–Crippen MR) is 50.6 cm³/mol. The van der Waals surface area contributed by atoms with Crippen molar-refractivity contribution in [3.8, 4) is 0 Å². The van der Waals surface area contributed by atoms with Gasteiger partial charge in [0.1, 0.15) is 0 Å². The van der Waals surface area contributed by atoms with Gasteiger partial charge < -0.3 is 0 Å². The molecule has 3 heteroatoms. The second-order valence-corrected chi connectivity index (χ2v) is 4.21. The molecule has 0 rings (SSSR count). The Labute approximate surface area is 85.8 Å². The van der Waals surface area contributed by atoms with Crippen LogP contribution in [0.3, 0.4) is 0 Å². The van der Waals surface area contributed by atoms with Gasteiger partial charge in [0.15, 0.2) is 0 Å². The molecule has 0 aliphatic heterocycles. The zero-order chi connectivity index (χ0) is 8.95. The molecule has 0 nitrogen and oxygen atoms in total. The van der Waals surface area contributed by atoms with E-state index in [1.165, 1.54) is 19.3 Å². The Morgan fingerprint density at radius 3 is 2.36 bits per heavy atom. The summed E-state index contributed by atoms with van der Waals surface area (Å²) in [5, 5.41) is 0. The molecule has 0 amide bonds. The monoisotopic (exact) mass is 286 g/mol. The maximum atomic E-state index is 4.81. The van der Waals surface area contributed by atoms with E-state index in [1.807, 2.05) is 12.2 Å². The number of halogens is 2. The van der Waals surface area contributed by atoms with Gasteiger partial charge in [0.2, 0.25) is 0 Å². The zero-order valence-electron chi connectivity index (χ0n) is 6.63. The third-order valence-electron chi connectivity index (χ3n) is 0.997. The first-order valence-corrected chi connectivity index (χ1v) is 7.43. The van der Waals surface area contributed by atoms with Crippen LogP contribution >= 0.6 is 19.1 Å². The van der Waals surface area contributed by atoms with Crippen LogP contribution in [0.1, 0.15) is 26.2 Å². The fraction of sp³-hybridized carbons (Fsp3) is 0.500. The summed E-state index contributed by atoms with van der Waals surface area (Å²) >= 11 is -0.106. The Morgan fingerprint density at radius 2 is 2.00 bits per heavy atom. The molecule has 0 radical (unpaired) electrons. The van der Waals surface area contributed by atoms with Gasteiger partial charge in [-0.05, 0) is 6.42 Å². The third kappa shape index (κ3) is 24.9. The van der Waals surface area contributed by atoms with Crippen molar-refractivity contribution in [3.05, 3.63) is 24.8 Å². The van der Waals surface area contributed by atoms with Crippen LogP contribution in [0.2, 0.25) is 0 Å². The molecule has 0 aromatic heterocycles. The van der Waals surface area contributed by atoms with Crippen LogP contribution in [0.15, 0.2) is 24.8 Å². The predicted octanol–water partition coefficient (Wildman–Crippen LogP) is 4.30. The van der Waals surface area contributed by atoms with E-state index < -0.39 is 0 Å². The van der Waals surface area contributed by atoms with Gasteiger partial charge in [-0.25, -0.2) is 0 Å². The van der Waals surface area contributed by atoms with Crippen molar-refractivity contribution in [2.24, 2.45) is 0 Å². The van der Waals surface area contributed by atoms with Gasteiger partial charge >= 0.3 is 35.0 Å². The van der Waals surface area contributed by atoms with Gasteiger partial charge in [0, 0.05) is 0 Å². The van der Waals surface area contributed by atoms with Gasteiger partial charge in [-0.1, -0.05) is 44.6 Å². The Balaban J connectivity index is 0. The molecule has 0 unspecified atom stereocenters. The summed E-state index contributed by atoms with van der Waals surface area (Å²) in [5.41, 5.74) is 0. The van der Waals surface area contributed by atoms with Crippen LogP contribution in [0.4, 0.5) is 0 Å². The molecule has 11 heavy (non-hydrogen) atoms. The first-order chi connectivity index (χ1) is 5.33. The van der Waals surface area contributed by atoms with E-state index in [1.54, 1.807) is 0 Å². The Bertz CT molecular complexity index is 92.1. The Morgan fingerprint density at radius 1 is 1.45 bits per heavy atom. The molecule has 0 fully saturated rings. The molecule has 0 N–H and O–H groups in total. The zero-order valence-corrected chi connectivity index (χ0v) is 9.70. The van der Waals surface area contributed by atoms with E-state index in [-0.39, 0.29) is 15.9 Å². The van der Waals surface area contributed by atoms with E-state index in [4.69, 9.17) is 19.1 Å². The molecule has 0 aromatic carbocycles. The summed E-state index contributed by atoms with van der Waals surface area (Å²) < 4.78 is 0. The number of rotatable bonds is 4. The number of unbranched alkanes of at least 4 members (excludes halogenated alkanes) is 2. The number of allylic oxidation sites excluding steroid dienone is 3. The molecule has 70 valence electrons. The molecule has 0 aliphatic rings. The number of hydrogen-bond donors (Lipinski definition) is 0. The van der Waals surface area contributed by atoms with Crippen molar-refractivity contribution in [3.63, 3.8) is 0 Å². The first-order valence-electron chi connectivity index (χ1n) is 3.43. The number of hydrogen-bond acceptors (Lipinski definition) is 0. The third-order valence-corrected chi connectivity index (χ3v) is 0.997. The van der Waals surface area contributed by atoms with Crippen molar-refractivity contribution < 1.29 is 15.9 Å². The van der Waals surface area contributed by atoms with Crippen LogP contribution in [0, 0.1) is 0 Å². The van der Waals surface area contributed by atoms with Crippen molar-refractivity contribution in [2.75, 3.05) is 0 Å². The average molecular weight is 288 g/mol. The van der Waals surface area contributed by atoms with Gasteiger partial charge in [-0.15, -0.1) is 0 Å². The van der Waals surface area contributed by atoms with E-state index in [2.05, 4.69) is 19.6 Å². The minimum atomic E-state index is -0.106. The molecule has 0 bridgehead atoms. The normalized spacial score (nSPS) is 9.36. The summed E-state index contributed by atoms with van der Waals surface area (Å²) in [4.78, 5) is 0. The van der Waals surface area contributed by atoms with Gasteiger partial charge in [-0.2, -0.15) is 0 Å². The van der Waals surface area contributed by atoms with Crippen molar-refractivity contribution in [1.29, 1.82) is 0 Å². The Hall–Kier alpha value is 0.722. The van der Waals surface area contributed by atoms with E-state index >= 15 is 0 Å². The van der Waals surface area contributed by atoms with Crippen molar-refractivity contribution >= 4 is 19.1 Å². The van der Waals surface area contributed by atoms with Gasteiger partial charge in [-0.3, -0.25) is 0 Å². The molecular weight excluding hydrogens is 273 g/mol. The first kappa shape index (κ1) is 14.3. The van der Waals surface area contributed by atoms with Crippen molar-refractivity contribution in [1.82, 2.24) is 0 Å². The molecule has 0 heterocycles. The topological polar surface area (TPSA) is 0 Å². The summed E-state index contributed by atoms with van der Waals surface area (Å²) in [6.45, 7) is 5.77. The molecule has 0 aliphatic carbocycles. The second kappa shape index (κ2) is 17.0. The fourth-order valence-corrected chi connectivity index (χ4v) is 0.514. The SMILES string of the molecule is C=CC=CCCCC.[Cl][Pd][Cl]. The van der Waals surface area contributed by atoms with Crippen LogP contribution in [-0.2, 0) is 15.9 Å². The van der Waals surface area contributed by atoms with Crippen LogP contribution in [0.25, 0.3) is 0 Å². The summed E-state index contributed by atoms with van der Waals surface area (Å²) in [7, 11) is 9.63. The average Bonchev–Trinajstić information content (AvgIpc) is 2.00. The quantitative estimate of drug-likeness (QED) is 0.411. The van der Waals surface area contributed by atoms with E-state index in [9.17, 15) is 0 Å². The molecular formula is C8H14Cl2Pd. The minimum absolute atomic E-state index is 0.106.